The van der Waals surface area contributed by atoms with Crippen LogP contribution in [0.5, 0.6) is 5.75 Å². The molecular formula is C28H29Cl2NO2. The predicted molar refractivity (Wildman–Crippen MR) is 138 cm³/mol. The molecule has 0 bridgehead atoms. The lowest BCUT2D eigenvalue weighted by molar-refractivity contribution is 0.0322. The van der Waals surface area contributed by atoms with Crippen LogP contribution in [0, 0.1) is 0 Å². The van der Waals surface area contributed by atoms with E-state index < -0.39 is 0 Å². The number of morpholine rings is 1. The lowest BCUT2D eigenvalue weighted by atomic mass is 9.88. The van der Waals surface area contributed by atoms with E-state index in [4.69, 9.17) is 32.7 Å². The third kappa shape index (κ3) is 6.39. The largest absolute Gasteiger partial charge is 0.492 e. The molecule has 0 unspecified atom stereocenters. The first-order valence-electron chi connectivity index (χ1n) is 11.4. The fourth-order valence-corrected chi connectivity index (χ4v) is 4.40. The summed E-state index contributed by atoms with van der Waals surface area (Å²) in [7, 11) is 0. The van der Waals surface area contributed by atoms with Crippen molar-refractivity contribution in [2.75, 3.05) is 39.5 Å². The Balaban J connectivity index is 1.60. The Morgan fingerprint density at radius 2 is 1.30 bits per heavy atom. The summed E-state index contributed by atoms with van der Waals surface area (Å²) >= 11 is 12.3. The Morgan fingerprint density at radius 1 is 0.788 bits per heavy atom. The molecule has 33 heavy (non-hydrogen) atoms. The molecule has 1 aliphatic rings. The third-order valence-corrected chi connectivity index (χ3v) is 6.41. The van der Waals surface area contributed by atoms with Crippen molar-refractivity contribution in [2.45, 2.75) is 13.3 Å². The number of hydrogen-bond acceptors (Lipinski definition) is 3. The predicted octanol–water partition coefficient (Wildman–Crippen LogP) is 7.07. The van der Waals surface area contributed by atoms with Gasteiger partial charge in [-0.05, 0) is 70.7 Å². The zero-order chi connectivity index (χ0) is 23.0. The number of hydrogen-bond donors (Lipinski definition) is 0. The smallest absolute Gasteiger partial charge is 0.119 e. The molecule has 3 nitrogen and oxygen atoms in total. The normalized spacial score (nSPS) is 15.2. The summed E-state index contributed by atoms with van der Waals surface area (Å²) in [6, 6.07) is 24.5. The Morgan fingerprint density at radius 3 is 1.85 bits per heavy atom. The molecule has 0 radical (unpaired) electrons. The van der Waals surface area contributed by atoms with Crippen LogP contribution in [0.2, 0.25) is 10.0 Å². The van der Waals surface area contributed by atoms with Crippen LogP contribution in [0.4, 0.5) is 0 Å². The van der Waals surface area contributed by atoms with E-state index >= 15 is 0 Å². The number of allylic oxidation sites excluding steroid dienone is 1. The van der Waals surface area contributed by atoms with Crippen LogP contribution in [-0.4, -0.2) is 44.4 Å². The first kappa shape index (κ1) is 23.8. The summed E-state index contributed by atoms with van der Waals surface area (Å²) in [5, 5.41) is 1.47. The van der Waals surface area contributed by atoms with Crippen molar-refractivity contribution in [1.82, 2.24) is 4.90 Å². The Hall–Kier alpha value is -2.30. The van der Waals surface area contributed by atoms with Gasteiger partial charge in [-0.3, -0.25) is 4.90 Å². The van der Waals surface area contributed by atoms with Gasteiger partial charge < -0.3 is 9.47 Å². The lowest BCUT2D eigenvalue weighted by Gasteiger charge is -2.26. The molecule has 0 aliphatic carbocycles. The van der Waals surface area contributed by atoms with E-state index in [2.05, 4.69) is 60.4 Å². The van der Waals surface area contributed by atoms with Crippen LogP contribution in [-0.2, 0) is 4.74 Å². The van der Waals surface area contributed by atoms with E-state index in [-0.39, 0.29) is 0 Å². The molecule has 5 heteroatoms. The fraction of sp³-hybridized carbons (Fsp3) is 0.286. The van der Waals surface area contributed by atoms with E-state index in [0.29, 0.717) is 6.61 Å². The van der Waals surface area contributed by atoms with Gasteiger partial charge >= 0.3 is 0 Å². The maximum Gasteiger partial charge on any atom is 0.119 e. The Kier molecular flexibility index (Phi) is 8.46. The summed E-state index contributed by atoms with van der Waals surface area (Å²) in [6.45, 7) is 7.33. The van der Waals surface area contributed by atoms with Crippen molar-refractivity contribution in [1.29, 1.82) is 0 Å². The monoisotopic (exact) mass is 481 g/mol. The number of rotatable bonds is 8. The Labute approximate surface area is 206 Å². The highest BCUT2D eigenvalue weighted by molar-refractivity contribution is 6.31. The quantitative estimate of drug-likeness (QED) is 0.321. The molecular weight excluding hydrogens is 453 g/mol. The van der Waals surface area contributed by atoms with E-state index in [0.717, 1.165) is 71.8 Å². The van der Waals surface area contributed by atoms with Gasteiger partial charge in [-0.15, -0.1) is 0 Å². The van der Waals surface area contributed by atoms with Crippen molar-refractivity contribution in [3.05, 3.63) is 99.5 Å². The van der Waals surface area contributed by atoms with E-state index in [9.17, 15) is 0 Å². The van der Waals surface area contributed by atoms with Gasteiger partial charge in [-0.2, -0.15) is 0 Å². The molecule has 172 valence electrons. The first-order chi connectivity index (χ1) is 16.1. The fourth-order valence-electron chi connectivity index (χ4n) is 4.14. The zero-order valence-corrected chi connectivity index (χ0v) is 20.4. The minimum absolute atomic E-state index is 0.671. The van der Waals surface area contributed by atoms with Gasteiger partial charge in [-0.1, -0.05) is 66.5 Å². The molecule has 1 aliphatic heterocycles. The summed E-state index contributed by atoms with van der Waals surface area (Å²) in [5.41, 5.74) is 5.89. The standard InChI is InChI=1S/C28H29Cl2NO2/c1-2-27(21-3-9-24(29)10-4-21)28(22-5-11-25(30)12-6-22)23-7-13-26(14-8-23)33-20-17-31-15-18-32-19-16-31/h3-14H,2,15-20H2,1H3/b28-27+. The highest BCUT2D eigenvalue weighted by Gasteiger charge is 2.14. The highest BCUT2D eigenvalue weighted by atomic mass is 35.5. The van der Waals surface area contributed by atoms with Gasteiger partial charge in [0.25, 0.3) is 0 Å². The number of nitrogens with zero attached hydrogens (tertiary/aromatic N) is 1. The summed E-state index contributed by atoms with van der Waals surface area (Å²) < 4.78 is 11.4. The summed E-state index contributed by atoms with van der Waals surface area (Å²) in [5.74, 6) is 0.881. The molecule has 0 saturated carbocycles. The second-order valence-corrected chi connectivity index (χ2v) is 8.92. The third-order valence-electron chi connectivity index (χ3n) is 5.90. The highest BCUT2D eigenvalue weighted by Crippen LogP contribution is 2.35. The van der Waals surface area contributed by atoms with Crippen LogP contribution in [0.15, 0.2) is 72.8 Å². The van der Waals surface area contributed by atoms with Crippen molar-refractivity contribution in [2.24, 2.45) is 0 Å². The average molecular weight is 482 g/mol. The minimum atomic E-state index is 0.671. The molecule has 0 N–H and O–H groups in total. The van der Waals surface area contributed by atoms with Crippen LogP contribution in [0.25, 0.3) is 11.1 Å². The van der Waals surface area contributed by atoms with Gasteiger partial charge in [0, 0.05) is 29.7 Å². The van der Waals surface area contributed by atoms with Crippen LogP contribution in [0.1, 0.15) is 30.0 Å². The summed E-state index contributed by atoms with van der Waals surface area (Å²) in [4.78, 5) is 2.37. The molecule has 1 saturated heterocycles. The molecule has 0 atom stereocenters. The molecule has 1 fully saturated rings. The van der Waals surface area contributed by atoms with Gasteiger partial charge in [0.15, 0.2) is 0 Å². The van der Waals surface area contributed by atoms with Crippen LogP contribution >= 0.6 is 23.2 Å². The summed E-state index contributed by atoms with van der Waals surface area (Å²) in [6.07, 6.45) is 0.886. The van der Waals surface area contributed by atoms with E-state index in [1.807, 2.05) is 24.3 Å². The average Bonchev–Trinajstić information content (AvgIpc) is 2.85. The second kappa shape index (κ2) is 11.7. The number of benzene rings is 3. The van der Waals surface area contributed by atoms with Crippen molar-refractivity contribution in [3.8, 4) is 5.75 Å². The molecule has 3 aromatic rings. The SMILES string of the molecule is CC/C(=C(/c1ccc(Cl)cc1)c1ccc(OCCN2CCOCC2)cc1)c1ccc(Cl)cc1. The second-order valence-electron chi connectivity index (χ2n) is 8.05. The molecule has 4 rings (SSSR count). The molecule has 1 heterocycles. The van der Waals surface area contributed by atoms with Gasteiger partial charge in [0.05, 0.1) is 13.2 Å². The number of halogens is 2. The Bertz CT molecular complexity index is 1050. The molecule has 0 amide bonds. The van der Waals surface area contributed by atoms with Crippen molar-refractivity contribution >= 4 is 34.3 Å². The topological polar surface area (TPSA) is 21.7 Å². The van der Waals surface area contributed by atoms with Crippen LogP contribution < -0.4 is 4.74 Å². The van der Waals surface area contributed by atoms with Gasteiger partial charge in [0.1, 0.15) is 12.4 Å². The van der Waals surface area contributed by atoms with E-state index in [1.165, 1.54) is 11.1 Å². The minimum Gasteiger partial charge on any atom is -0.492 e. The molecule has 0 spiro atoms. The van der Waals surface area contributed by atoms with Crippen molar-refractivity contribution < 1.29 is 9.47 Å². The first-order valence-corrected chi connectivity index (χ1v) is 12.2. The van der Waals surface area contributed by atoms with Gasteiger partial charge in [0.2, 0.25) is 0 Å². The maximum absolute atomic E-state index is 6.18. The molecule has 3 aromatic carbocycles. The zero-order valence-electron chi connectivity index (χ0n) is 18.9. The van der Waals surface area contributed by atoms with Crippen LogP contribution in [0.3, 0.4) is 0 Å². The van der Waals surface area contributed by atoms with Gasteiger partial charge in [-0.25, -0.2) is 0 Å². The molecule has 0 aromatic heterocycles. The maximum atomic E-state index is 6.18. The number of ether oxygens (including phenoxy) is 2. The van der Waals surface area contributed by atoms with E-state index in [1.54, 1.807) is 0 Å². The lowest BCUT2D eigenvalue weighted by Crippen LogP contribution is -2.38. The van der Waals surface area contributed by atoms with Crippen molar-refractivity contribution in [3.63, 3.8) is 0 Å².